The number of rotatable bonds is 2. The molecule has 74 valence electrons. The van der Waals surface area contributed by atoms with Crippen LogP contribution < -0.4 is 0 Å². The van der Waals surface area contributed by atoms with Crippen molar-refractivity contribution < 1.29 is 15.0 Å². The van der Waals surface area contributed by atoms with Gasteiger partial charge < -0.3 is 10.2 Å². The summed E-state index contributed by atoms with van der Waals surface area (Å²) in [5.74, 6) is -0.428. The maximum atomic E-state index is 10.9. The molecule has 0 spiro atoms. The standard InChI is InChI=1S/C11H12O3/c1-11(10(13)14)6-9(11)7-2-4-8(12)5-3-7/h2-5,9,12H,6H2,1H3,(H,13,14). The van der Waals surface area contributed by atoms with E-state index < -0.39 is 11.4 Å². The van der Waals surface area contributed by atoms with Gasteiger partial charge in [-0.1, -0.05) is 12.1 Å². The monoisotopic (exact) mass is 192 g/mol. The Balaban J connectivity index is 2.21. The third-order valence-electron chi connectivity index (χ3n) is 3.02. The molecule has 1 aromatic rings. The minimum Gasteiger partial charge on any atom is -0.508 e. The maximum Gasteiger partial charge on any atom is 0.309 e. The van der Waals surface area contributed by atoms with Gasteiger partial charge in [-0.05, 0) is 31.0 Å². The van der Waals surface area contributed by atoms with E-state index in [9.17, 15) is 4.79 Å². The molecule has 1 aliphatic carbocycles. The van der Waals surface area contributed by atoms with Crippen molar-refractivity contribution in [3.63, 3.8) is 0 Å². The molecule has 14 heavy (non-hydrogen) atoms. The topological polar surface area (TPSA) is 57.5 Å². The molecule has 0 bridgehead atoms. The second kappa shape index (κ2) is 2.74. The van der Waals surface area contributed by atoms with Crippen LogP contribution in [-0.2, 0) is 4.79 Å². The quantitative estimate of drug-likeness (QED) is 0.753. The second-order valence-corrected chi connectivity index (χ2v) is 4.07. The van der Waals surface area contributed by atoms with Crippen LogP contribution in [0.4, 0.5) is 0 Å². The van der Waals surface area contributed by atoms with Crippen molar-refractivity contribution in [3.8, 4) is 5.75 Å². The summed E-state index contributed by atoms with van der Waals surface area (Å²) >= 11 is 0. The van der Waals surface area contributed by atoms with E-state index in [-0.39, 0.29) is 11.7 Å². The molecule has 2 atom stereocenters. The maximum absolute atomic E-state index is 10.9. The van der Waals surface area contributed by atoms with Crippen LogP contribution in [0.25, 0.3) is 0 Å². The van der Waals surface area contributed by atoms with Gasteiger partial charge in [0.25, 0.3) is 0 Å². The van der Waals surface area contributed by atoms with E-state index >= 15 is 0 Å². The van der Waals surface area contributed by atoms with Gasteiger partial charge in [0.15, 0.2) is 0 Å². The summed E-state index contributed by atoms with van der Waals surface area (Å²) in [7, 11) is 0. The van der Waals surface area contributed by atoms with Crippen LogP contribution in [0, 0.1) is 5.41 Å². The summed E-state index contributed by atoms with van der Waals surface area (Å²) in [4.78, 5) is 10.9. The Hall–Kier alpha value is -1.51. The number of hydrogen-bond acceptors (Lipinski definition) is 2. The van der Waals surface area contributed by atoms with Gasteiger partial charge in [0.2, 0.25) is 0 Å². The number of hydrogen-bond donors (Lipinski definition) is 2. The number of phenols is 1. The summed E-state index contributed by atoms with van der Waals surface area (Å²) in [6.07, 6.45) is 0.688. The lowest BCUT2D eigenvalue weighted by Gasteiger charge is -2.04. The number of carboxylic acid groups (broad SMARTS) is 1. The van der Waals surface area contributed by atoms with E-state index in [2.05, 4.69) is 0 Å². The van der Waals surface area contributed by atoms with E-state index in [0.29, 0.717) is 6.42 Å². The number of aromatic hydroxyl groups is 1. The Labute approximate surface area is 82.0 Å². The van der Waals surface area contributed by atoms with Crippen LogP contribution in [0.2, 0.25) is 0 Å². The first-order valence-electron chi connectivity index (χ1n) is 4.56. The van der Waals surface area contributed by atoms with Crippen LogP contribution >= 0.6 is 0 Å². The number of aliphatic carboxylic acids is 1. The van der Waals surface area contributed by atoms with E-state index in [4.69, 9.17) is 10.2 Å². The molecule has 0 radical (unpaired) electrons. The highest BCUT2D eigenvalue weighted by Crippen LogP contribution is 2.59. The average molecular weight is 192 g/mol. The van der Waals surface area contributed by atoms with Gasteiger partial charge in [0.1, 0.15) is 5.75 Å². The molecule has 3 heteroatoms. The van der Waals surface area contributed by atoms with E-state index in [1.807, 2.05) is 0 Å². The minimum atomic E-state index is -0.740. The third-order valence-corrected chi connectivity index (χ3v) is 3.02. The van der Waals surface area contributed by atoms with Gasteiger partial charge in [-0.2, -0.15) is 0 Å². The van der Waals surface area contributed by atoms with E-state index in [0.717, 1.165) is 5.56 Å². The fraction of sp³-hybridized carbons (Fsp3) is 0.364. The lowest BCUT2D eigenvalue weighted by molar-refractivity contribution is -0.142. The highest BCUT2D eigenvalue weighted by atomic mass is 16.4. The van der Waals surface area contributed by atoms with Gasteiger partial charge in [-0.15, -0.1) is 0 Å². The fourth-order valence-corrected chi connectivity index (χ4v) is 1.79. The molecule has 2 rings (SSSR count). The predicted octanol–water partition coefficient (Wildman–Crippen LogP) is 1.97. The van der Waals surface area contributed by atoms with Gasteiger partial charge in [0.05, 0.1) is 5.41 Å². The number of carboxylic acids is 1. The molecule has 2 N–H and O–H groups in total. The zero-order chi connectivity index (χ0) is 10.3. The molecule has 0 heterocycles. The van der Waals surface area contributed by atoms with Crippen LogP contribution in [0.1, 0.15) is 24.8 Å². The number of benzene rings is 1. The highest BCUT2D eigenvalue weighted by Gasteiger charge is 2.56. The van der Waals surface area contributed by atoms with Crippen molar-refractivity contribution in [3.05, 3.63) is 29.8 Å². The molecule has 1 aromatic carbocycles. The highest BCUT2D eigenvalue weighted by molar-refractivity contribution is 5.80. The summed E-state index contributed by atoms with van der Waals surface area (Å²) in [6, 6.07) is 6.76. The van der Waals surface area contributed by atoms with Crippen LogP contribution in [-0.4, -0.2) is 16.2 Å². The van der Waals surface area contributed by atoms with Crippen LogP contribution in [0.5, 0.6) is 5.75 Å². The Morgan fingerprint density at radius 2 is 2.00 bits per heavy atom. The molecule has 0 saturated heterocycles. The van der Waals surface area contributed by atoms with E-state index in [1.165, 1.54) is 0 Å². The predicted molar refractivity (Wildman–Crippen MR) is 51.2 cm³/mol. The zero-order valence-electron chi connectivity index (χ0n) is 7.90. The van der Waals surface area contributed by atoms with Crippen molar-refractivity contribution in [1.29, 1.82) is 0 Å². The van der Waals surface area contributed by atoms with E-state index in [1.54, 1.807) is 31.2 Å². The van der Waals surface area contributed by atoms with Gasteiger partial charge in [-0.3, -0.25) is 4.79 Å². The number of phenolic OH excluding ortho intramolecular Hbond substituents is 1. The lowest BCUT2D eigenvalue weighted by Crippen LogP contribution is -2.12. The first-order valence-corrected chi connectivity index (χ1v) is 4.56. The molecule has 3 nitrogen and oxygen atoms in total. The van der Waals surface area contributed by atoms with Gasteiger partial charge in [0, 0.05) is 5.92 Å². The first-order chi connectivity index (χ1) is 6.54. The summed E-state index contributed by atoms with van der Waals surface area (Å²) in [6.45, 7) is 1.76. The van der Waals surface area contributed by atoms with Crippen LogP contribution in [0.3, 0.4) is 0 Å². The third kappa shape index (κ3) is 1.25. The van der Waals surface area contributed by atoms with Crippen molar-refractivity contribution in [2.75, 3.05) is 0 Å². The van der Waals surface area contributed by atoms with Crippen molar-refractivity contribution in [1.82, 2.24) is 0 Å². The van der Waals surface area contributed by atoms with Crippen molar-refractivity contribution in [2.45, 2.75) is 19.3 Å². The Bertz CT molecular complexity index is 369. The zero-order valence-corrected chi connectivity index (χ0v) is 7.90. The fourth-order valence-electron chi connectivity index (χ4n) is 1.79. The Kier molecular flexibility index (Phi) is 1.77. The smallest absolute Gasteiger partial charge is 0.309 e. The Morgan fingerprint density at radius 1 is 1.43 bits per heavy atom. The molecule has 2 unspecified atom stereocenters. The van der Waals surface area contributed by atoms with Gasteiger partial charge in [-0.25, -0.2) is 0 Å². The summed E-state index contributed by atoms with van der Waals surface area (Å²) < 4.78 is 0. The largest absolute Gasteiger partial charge is 0.508 e. The van der Waals surface area contributed by atoms with Crippen LogP contribution in [0.15, 0.2) is 24.3 Å². The van der Waals surface area contributed by atoms with Crippen molar-refractivity contribution >= 4 is 5.97 Å². The molecule has 0 amide bonds. The average Bonchev–Trinajstić information content (AvgIpc) is 2.81. The number of carbonyl (C=O) groups is 1. The molecule has 1 saturated carbocycles. The molecular formula is C11H12O3. The molecular weight excluding hydrogens is 180 g/mol. The Morgan fingerprint density at radius 3 is 2.43 bits per heavy atom. The molecule has 1 fully saturated rings. The summed E-state index contributed by atoms with van der Waals surface area (Å²) in [5, 5.41) is 18.0. The molecule has 1 aliphatic rings. The van der Waals surface area contributed by atoms with Crippen molar-refractivity contribution in [2.24, 2.45) is 5.41 Å². The first kappa shape index (κ1) is 9.06. The second-order valence-electron chi connectivity index (χ2n) is 4.07. The molecule has 0 aromatic heterocycles. The lowest BCUT2D eigenvalue weighted by atomic mass is 10.0. The summed E-state index contributed by atoms with van der Waals surface area (Å²) in [5.41, 5.74) is 0.393. The molecule has 0 aliphatic heterocycles. The van der Waals surface area contributed by atoms with Gasteiger partial charge >= 0.3 is 5.97 Å². The SMILES string of the molecule is CC1(C(=O)O)CC1c1ccc(O)cc1. The normalized spacial score (nSPS) is 29.9. The minimum absolute atomic E-state index is 0.0978.